The van der Waals surface area contributed by atoms with Crippen molar-refractivity contribution in [2.75, 3.05) is 0 Å². The average molecular weight is 499 g/mol. The number of carbonyl (C=O) groups is 2. The van der Waals surface area contributed by atoms with Crippen molar-refractivity contribution in [3.05, 3.63) is 105 Å². The molecule has 0 heterocycles. The van der Waals surface area contributed by atoms with Crippen LogP contribution in [0.2, 0.25) is 0 Å². The Balaban J connectivity index is 1.72. The van der Waals surface area contributed by atoms with Crippen molar-refractivity contribution in [2.45, 2.75) is 6.61 Å². The van der Waals surface area contributed by atoms with Crippen LogP contribution in [-0.4, -0.2) is 17.0 Å². The van der Waals surface area contributed by atoms with Crippen LogP contribution in [0, 0.1) is 3.57 Å². The van der Waals surface area contributed by atoms with Crippen LogP contribution in [-0.2, 0) is 11.4 Å². The molecule has 0 unspecified atom stereocenters. The molecule has 6 heteroatoms. The molecular weight excluding hydrogens is 481 g/mol. The maximum absolute atomic E-state index is 12.3. The highest BCUT2D eigenvalue weighted by atomic mass is 127. The lowest BCUT2D eigenvalue weighted by Gasteiger charge is -2.09. The lowest BCUT2D eigenvalue weighted by atomic mass is 10.1. The number of aliphatic carboxylic acids is 1. The first-order valence-electron chi connectivity index (χ1n) is 8.80. The molecule has 0 aliphatic rings. The molecule has 146 valence electrons. The maximum atomic E-state index is 12.3. The Morgan fingerprint density at radius 3 is 2.38 bits per heavy atom. The fraction of sp³-hybridized carbons (Fsp3) is 0.0435. The van der Waals surface area contributed by atoms with Gasteiger partial charge in [0, 0.05) is 9.13 Å². The number of nitrogens with one attached hydrogen (secondary N) is 1. The third-order valence-corrected chi connectivity index (χ3v) is 4.72. The highest BCUT2D eigenvalue weighted by Gasteiger charge is 2.13. The largest absolute Gasteiger partial charge is 0.489 e. The predicted octanol–water partition coefficient (Wildman–Crippen LogP) is 4.73. The molecule has 29 heavy (non-hydrogen) atoms. The first kappa shape index (κ1) is 20.6. The number of hydrogen-bond donors (Lipinski definition) is 2. The molecule has 0 fully saturated rings. The van der Waals surface area contributed by atoms with E-state index < -0.39 is 11.9 Å². The number of rotatable bonds is 7. The van der Waals surface area contributed by atoms with E-state index in [-0.39, 0.29) is 5.70 Å². The SMILES string of the molecule is O=C(O)C(=Cc1cccc(OCc2ccc(I)cc2)c1)NC(=O)c1ccccc1. The van der Waals surface area contributed by atoms with Crippen molar-refractivity contribution in [2.24, 2.45) is 0 Å². The molecule has 0 spiro atoms. The lowest BCUT2D eigenvalue weighted by molar-refractivity contribution is -0.132. The van der Waals surface area contributed by atoms with Gasteiger partial charge in [-0.1, -0.05) is 42.5 Å². The molecular formula is C23H18INO4. The molecule has 0 aliphatic carbocycles. The molecule has 0 aromatic heterocycles. The van der Waals surface area contributed by atoms with Gasteiger partial charge in [0.25, 0.3) is 5.91 Å². The van der Waals surface area contributed by atoms with Crippen LogP contribution in [0.3, 0.4) is 0 Å². The second kappa shape index (κ2) is 9.88. The van der Waals surface area contributed by atoms with Crippen LogP contribution < -0.4 is 10.1 Å². The van der Waals surface area contributed by atoms with E-state index in [2.05, 4.69) is 27.9 Å². The maximum Gasteiger partial charge on any atom is 0.352 e. The van der Waals surface area contributed by atoms with Gasteiger partial charge >= 0.3 is 5.97 Å². The summed E-state index contributed by atoms with van der Waals surface area (Å²) < 4.78 is 6.95. The van der Waals surface area contributed by atoms with E-state index in [1.54, 1.807) is 54.6 Å². The minimum atomic E-state index is -1.22. The summed E-state index contributed by atoms with van der Waals surface area (Å²) >= 11 is 2.24. The number of benzene rings is 3. The predicted molar refractivity (Wildman–Crippen MR) is 119 cm³/mol. The third kappa shape index (κ3) is 6.18. The van der Waals surface area contributed by atoms with Crippen molar-refractivity contribution in [1.29, 1.82) is 0 Å². The monoisotopic (exact) mass is 499 g/mol. The van der Waals surface area contributed by atoms with Gasteiger partial charge in [-0.05, 0) is 76.2 Å². The first-order chi connectivity index (χ1) is 14.0. The number of ether oxygens (including phenoxy) is 1. The van der Waals surface area contributed by atoms with Gasteiger partial charge in [0.1, 0.15) is 18.1 Å². The number of amides is 1. The van der Waals surface area contributed by atoms with Crippen LogP contribution in [0.25, 0.3) is 6.08 Å². The first-order valence-corrected chi connectivity index (χ1v) is 9.88. The summed E-state index contributed by atoms with van der Waals surface area (Å²) in [6, 6.07) is 23.5. The van der Waals surface area contributed by atoms with Gasteiger partial charge < -0.3 is 15.2 Å². The molecule has 0 saturated heterocycles. The van der Waals surface area contributed by atoms with Crippen molar-refractivity contribution >= 4 is 40.5 Å². The van der Waals surface area contributed by atoms with E-state index in [1.165, 1.54) is 6.08 Å². The number of carboxylic acid groups (broad SMARTS) is 1. The van der Waals surface area contributed by atoms with E-state index in [0.717, 1.165) is 9.13 Å². The summed E-state index contributed by atoms with van der Waals surface area (Å²) in [5, 5.41) is 11.9. The summed E-state index contributed by atoms with van der Waals surface area (Å²) in [5.41, 5.74) is 1.81. The molecule has 0 saturated carbocycles. The Hall–Kier alpha value is -3.13. The number of halogens is 1. The zero-order chi connectivity index (χ0) is 20.6. The summed E-state index contributed by atoms with van der Waals surface area (Å²) in [7, 11) is 0. The lowest BCUT2D eigenvalue weighted by Crippen LogP contribution is -2.27. The number of carboxylic acids is 1. The van der Waals surface area contributed by atoms with E-state index >= 15 is 0 Å². The molecule has 5 nitrogen and oxygen atoms in total. The Kier molecular flexibility index (Phi) is 7.02. The zero-order valence-corrected chi connectivity index (χ0v) is 17.5. The van der Waals surface area contributed by atoms with E-state index in [1.807, 2.05) is 24.3 Å². The van der Waals surface area contributed by atoms with Gasteiger partial charge in [0.05, 0.1) is 0 Å². The van der Waals surface area contributed by atoms with E-state index in [4.69, 9.17) is 4.74 Å². The second-order valence-corrected chi connectivity index (χ2v) is 7.42. The minimum Gasteiger partial charge on any atom is -0.489 e. The van der Waals surface area contributed by atoms with Crippen LogP contribution in [0.5, 0.6) is 5.75 Å². The fourth-order valence-electron chi connectivity index (χ4n) is 2.54. The Bertz CT molecular complexity index is 1030. The van der Waals surface area contributed by atoms with Crippen LogP contribution in [0.1, 0.15) is 21.5 Å². The van der Waals surface area contributed by atoms with Gasteiger partial charge in [-0.15, -0.1) is 0 Å². The molecule has 3 rings (SSSR count). The van der Waals surface area contributed by atoms with Crippen molar-refractivity contribution in [3.8, 4) is 5.75 Å². The summed E-state index contributed by atoms with van der Waals surface area (Å²) in [6.07, 6.45) is 1.40. The van der Waals surface area contributed by atoms with Crippen LogP contribution in [0.4, 0.5) is 0 Å². The molecule has 2 N–H and O–H groups in total. The van der Waals surface area contributed by atoms with Crippen molar-refractivity contribution < 1.29 is 19.4 Å². The summed E-state index contributed by atoms with van der Waals surface area (Å²) in [4.78, 5) is 23.8. The summed E-state index contributed by atoms with van der Waals surface area (Å²) in [6.45, 7) is 0.403. The van der Waals surface area contributed by atoms with Crippen LogP contribution >= 0.6 is 22.6 Å². The molecule has 0 radical (unpaired) electrons. The van der Waals surface area contributed by atoms with Gasteiger partial charge in [-0.3, -0.25) is 4.79 Å². The van der Waals surface area contributed by atoms with Gasteiger partial charge in [0.15, 0.2) is 0 Å². The highest BCUT2D eigenvalue weighted by molar-refractivity contribution is 14.1. The third-order valence-electron chi connectivity index (χ3n) is 4.00. The number of hydrogen-bond acceptors (Lipinski definition) is 3. The molecule has 3 aromatic carbocycles. The molecule has 0 aliphatic heterocycles. The number of carbonyl (C=O) groups excluding carboxylic acids is 1. The van der Waals surface area contributed by atoms with Crippen molar-refractivity contribution in [3.63, 3.8) is 0 Å². The van der Waals surface area contributed by atoms with E-state index in [0.29, 0.717) is 23.5 Å². The topological polar surface area (TPSA) is 75.6 Å². The second-order valence-electron chi connectivity index (χ2n) is 6.17. The van der Waals surface area contributed by atoms with Gasteiger partial charge in [-0.2, -0.15) is 0 Å². The Morgan fingerprint density at radius 1 is 0.966 bits per heavy atom. The minimum absolute atomic E-state index is 0.214. The average Bonchev–Trinajstić information content (AvgIpc) is 2.73. The molecule has 3 aromatic rings. The Morgan fingerprint density at radius 2 is 1.69 bits per heavy atom. The Labute approximate surface area is 182 Å². The molecule has 0 atom stereocenters. The van der Waals surface area contributed by atoms with Crippen LogP contribution in [0.15, 0.2) is 84.6 Å². The molecule has 1 amide bonds. The van der Waals surface area contributed by atoms with Crippen molar-refractivity contribution in [1.82, 2.24) is 5.32 Å². The highest BCUT2D eigenvalue weighted by Crippen LogP contribution is 2.18. The summed E-state index contributed by atoms with van der Waals surface area (Å²) in [5.74, 6) is -1.10. The van der Waals surface area contributed by atoms with Gasteiger partial charge in [0.2, 0.25) is 0 Å². The fourth-order valence-corrected chi connectivity index (χ4v) is 2.90. The van der Waals surface area contributed by atoms with Gasteiger partial charge in [-0.25, -0.2) is 4.79 Å². The standard InChI is InChI=1S/C23H18INO4/c24-19-11-9-16(10-12-19)15-29-20-8-4-5-17(13-20)14-21(23(27)28)25-22(26)18-6-2-1-3-7-18/h1-14H,15H2,(H,25,26)(H,27,28). The molecule has 0 bridgehead atoms. The van der Waals surface area contributed by atoms with E-state index in [9.17, 15) is 14.7 Å². The quantitative estimate of drug-likeness (QED) is 0.364. The zero-order valence-electron chi connectivity index (χ0n) is 15.3. The normalized spacial score (nSPS) is 11.0. The smallest absolute Gasteiger partial charge is 0.352 e.